The van der Waals surface area contributed by atoms with E-state index in [4.69, 9.17) is 0 Å². The van der Waals surface area contributed by atoms with Gasteiger partial charge in [0.15, 0.2) is 0 Å². The maximum Gasteiger partial charge on any atom is 0.0700 e. The molecule has 1 N–H and O–H groups in total. The SMILES string of the molecule is CSCCCN1CCC2(O)CCCCC2C1. The normalized spacial score (nSPS) is 36.0. The molecular formula is C13H25NOS. The van der Waals surface area contributed by atoms with Crippen molar-refractivity contribution in [2.75, 3.05) is 31.6 Å². The van der Waals surface area contributed by atoms with E-state index in [9.17, 15) is 5.11 Å². The van der Waals surface area contributed by atoms with E-state index in [0.29, 0.717) is 5.92 Å². The van der Waals surface area contributed by atoms with Gasteiger partial charge < -0.3 is 10.0 Å². The third-order valence-electron chi connectivity index (χ3n) is 4.33. The number of rotatable bonds is 4. The quantitative estimate of drug-likeness (QED) is 0.767. The third kappa shape index (κ3) is 2.93. The van der Waals surface area contributed by atoms with Crippen LogP contribution in [0, 0.1) is 5.92 Å². The lowest BCUT2D eigenvalue weighted by molar-refractivity contribution is -0.0951. The molecule has 94 valence electrons. The molecule has 1 heterocycles. The third-order valence-corrected chi connectivity index (χ3v) is 5.03. The summed E-state index contributed by atoms with van der Waals surface area (Å²) >= 11 is 1.94. The number of nitrogens with zero attached hydrogens (tertiary/aromatic N) is 1. The van der Waals surface area contributed by atoms with Gasteiger partial charge in [0.2, 0.25) is 0 Å². The van der Waals surface area contributed by atoms with Crippen LogP contribution in [0.1, 0.15) is 38.5 Å². The standard InChI is InChI=1S/C13H25NOS/c1-16-10-4-8-14-9-7-13(15)6-3-2-5-12(13)11-14/h12,15H,2-11H2,1H3. The highest BCUT2D eigenvalue weighted by molar-refractivity contribution is 7.98. The maximum absolute atomic E-state index is 10.5. The van der Waals surface area contributed by atoms with Crippen molar-refractivity contribution in [3.63, 3.8) is 0 Å². The molecule has 1 aliphatic heterocycles. The van der Waals surface area contributed by atoms with Crippen molar-refractivity contribution < 1.29 is 5.11 Å². The molecule has 2 rings (SSSR count). The van der Waals surface area contributed by atoms with Gasteiger partial charge in [-0.1, -0.05) is 12.8 Å². The maximum atomic E-state index is 10.5. The molecular weight excluding hydrogens is 218 g/mol. The van der Waals surface area contributed by atoms with Crippen LogP contribution in [0.2, 0.25) is 0 Å². The van der Waals surface area contributed by atoms with Crippen LogP contribution in [0.5, 0.6) is 0 Å². The minimum absolute atomic E-state index is 0.297. The summed E-state index contributed by atoms with van der Waals surface area (Å²) in [5.41, 5.74) is -0.297. The van der Waals surface area contributed by atoms with Crippen LogP contribution in [-0.4, -0.2) is 47.3 Å². The Balaban J connectivity index is 1.80. The molecule has 2 atom stereocenters. The molecule has 1 saturated heterocycles. The van der Waals surface area contributed by atoms with Crippen LogP contribution in [0.25, 0.3) is 0 Å². The van der Waals surface area contributed by atoms with E-state index >= 15 is 0 Å². The van der Waals surface area contributed by atoms with E-state index in [1.807, 2.05) is 11.8 Å². The summed E-state index contributed by atoms with van der Waals surface area (Å²) in [6, 6.07) is 0. The number of likely N-dealkylation sites (tertiary alicyclic amines) is 1. The molecule has 0 aromatic heterocycles. The summed E-state index contributed by atoms with van der Waals surface area (Å²) in [7, 11) is 0. The second-order valence-corrected chi connectivity index (χ2v) is 6.43. The van der Waals surface area contributed by atoms with Crippen molar-refractivity contribution in [2.45, 2.75) is 44.1 Å². The molecule has 3 heteroatoms. The lowest BCUT2D eigenvalue weighted by Crippen LogP contribution is -2.53. The Labute approximate surface area is 104 Å². The molecule has 1 aliphatic carbocycles. The van der Waals surface area contributed by atoms with Crippen LogP contribution in [0.4, 0.5) is 0 Å². The van der Waals surface area contributed by atoms with E-state index in [2.05, 4.69) is 11.2 Å². The first kappa shape index (κ1) is 12.7. The number of aliphatic hydroxyl groups is 1. The molecule has 16 heavy (non-hydrogen) atoms. The Kier molecular flexibility index (Phi) is 4.57. The molecule has 2 unspecified atom stereocenters. The molecule has 2 aliphatic rings. The van der Waals surface area contributed by atoms with Gasteiger partial charge in [0.05, 0.1) is 5.60 Å². The van der Waals surface area contributed by atoms with Crippen molar-refractivity contribution in [2.24, 2.45) is 5.92 Å². The van der Waals surface area contributed by atoms with Crippen LogP contribution >= 0.6 is 11.8 Å². The van der Waals surface area contributed by atoms with Gasteiger partial charge >= 0.3 is 0 Å². The van der Waals surface area contributed by atoms with Gasteiger partial charge in [0.1, 0.15) is 0 Å². The molecule has 2 nitrogen and oxygen atoms in total. The molecule has 0 bridgehead atoms. The molecule has 0 aromatic rings. The molecule has 0 aromatic carbocycles. The van der Waals surface area contributed by atoms with Gasteiger partial charge in [-0.25, -0.2) is 0 Å². The summed E-state index contributed by atoms with van der Waals surface area (Å²) in [5, 5.41) is 10.5. The fraction of sp³-hybridized carbons (Fsp3) is 1.00. The van der Waals surface area contributed by atoms with Crippen molar-refractivity contribution in [1.29, 1.82) is 0 Å². The summed E-state index contributed by atoms with van der Waals surface area (Å²) in [5.74, 6) is 1.83. The zero-order chi connectivity index (χ0) is 11.4. The fourth-order valence-corrected chi connectivity index (χ4v) is 3.69. The van der Waals surface area contributed by atoms with Gasteiger partial charge in [-0.05, 0) is 44.2 Å². The van der Waals surface area contributed by atoms with Crippen molar-refractivity contribution >= 4 is 11.8 Å². The van der Waals surface area contributed by atoms with E-state index in [0.717, 1.165) is 25.9 Å². The zero-order valence-electron chi connectivity index (χ0n) is 10.5. The Morgan fingerprint density at radius 3 is 3.06 bits per heavy atom. The van der Waals surface area contributed by atoms with Crippen molar-refractivity contribution in [3.05, 3.63) is 0 Å². The molecule has 0 radical (unpaired) electrons. The van der Waals surface area contributed by atoms with Crippen LogP contribution in [-0.2, 0) is 0 Å². The summed E-state index contributed by atoms with van der Waals surface area (Å²) < 4.78 is 0. The number of hydrogen-bond acceptors (Lipinski definition) is 3. The predicted molar refractivity (Wildman–Crippen MR) is 71.0 cm³/mol. The van der Waals surface area contributed by atoms with Gasteiger partial charge in [-0.3, -0.25) is 0 Å². The summed E-state index contributed by atoms with van der Waals surface area (Å²) in [4.78, 5) is 2.57. The van der Waals surface area contributed by atoms with Crippen LogP contribution < -0.4 is 0 Å². The second-order valence-electron chi connectivity index (χ2n) is 5.44. The fourth-order valence-electron chi connectivity index (χ4n) is 3.28. The monoisotopic (exact) mass is 243 g/mol. The van der Waals surface area contributed by atoms with E-state index in [1.54, 1.807) is 0 Å². The Morgan fingerprint density at radius 1 is 1.38 bits per heavy atom. The minimum atomic E-state index is -0.297. The van der Waals surface area contributed by atoms with E-state index < -0.39 is 0 Å². The predicted octanol–water partition coefficient (Wildman–Crippen LogP) is 2.37. The number of hydrogen-bond donors (Lipinski definition) is 1. The smallest absolute Gasteiger partial charge is 0.0700 e. The van der Waals surface area contributed by atoms with Crippen molar-refractivity contribution in [1.82, 2.24) is 4.90 Å². The topological polar surface area (TPSA) is 23.5 Å². The van der Waals surface area contributed by atoms with Gasteiger partial charge in [-0.15, -0.1) is 0 Å². The Hall–Kier alpha value is 0.270. The average Bonchev–Trinajstić information content (AvgIpc) is 2.29. The highest BCUT2D eigenvalue weighted by Crippen LogP contribution is 2.39. The van der Waals surface area contributed by atoms with Crippen LogP contribution in [0.15, 0.2) is 0 Å². The lowest BCUT2D eigenvalue weighted by Gasteiger charge is -2.47. The highest BCUT2D eigenvalue weighted by atomic mass is 32.2. The number of piperidine rings is 1. The van der Waals surface area contributed by atoms with E-state index in [1.165, 1.54) is 38.0 Å². The first-order chi connectivity index (χ1) is 7.74. The summed E-state index contributed by atoms with van der Waals surface area (Å²) in [6.45, 7) is 3.49. The largest absolute Gasteiger partial charge is 0.390 e. The zero-order valence-corrected chi connectivity index (χ0v) is 11.3. The Bertz CT molecular complexity index is 224. The van der Waals surface area contributed by atoms with Gasteiger partial charge in [0, 0.05) is 19.0 Å². The van der Waals surface area contributed by atoms with Gasteiger partial charge in [0.25, 0.3) is 0 Å². The van der Waals surface area contributed by atoms with Crippen molar-refractivity contribution in [3.8, 4) is 0 Å². The first-order valence-electron chi connectivity index (χ1n) is 6.68. The highest BCUT2D eigenvalue weighted by Gasteiger charge is 2.42. The molecule has 0 amide bonds. The average molecular weight is 243 g/mol. The summed E-state index contributed by atoms with van der Waals surface area (Å²) in [6.07, 6.45) is 9.34. The van der Waals surface area contributed by atoms with Gasteiger partial charge in [-0.2, -0.15) is 11.8 Å². The first-order valence-corrected chi connectivity index (χ1v) is 8.08. The molecule has 1 saturated carbocycles. The molecule has 2 fully saturated rings. The molecule has 0 spiro atoms. The number of fused-ring (bicyclic) bond motifs is 1. The Morgan fingerprint density at radius 2 is 2.25 bits per heavy atom. The second kappa shape index (κ2) is 5.74. The minimum Gasteiger partial charge on any atom is -0.390 e. The van der Waals surface area contributed by atoms with Crippen LogP contribution in [0.3, 0.4) is 0 Å². The number of thioether (sulfide) groups is 1. The van der Waals surface area contributed by atoms with E-state index in [-0.39, 0.29) is 5.60 Å². The lowest BCUT2D eigenvalue weighted by atomic mass is 9.71.